The molecule has 0 atom stereocenters. The van der Waals surface area contributed by atoms with Crippen molar-refractivity contribution >= 4 is 73.8 Å². The standard InChI is InChI=1S/C6Cl5.C4H5O.2C3H9P.Ni/c7-2-1-3(8)5(10)6(11)4(2)9;1-2-4-5-3-1;2*1-4(2)3;/h;1H,2,4H2;2*1-3H3;/q2*-1;;;+2/p+2. The van der Waals surface area contributed by atoms with E-state index in [4.69, 9.17) is 58.0 Å². The summed E-state index contributed by atoms with van der Waals surface area (Å²) in [5.41, 5.74) is 0. The summed E-state index contributed by atoms with van der Waals surface area (Å²) in [4.78, 5) is 0. The van der Waals surface area contributed by atoms with E-state index in [-0.39, 0.29) is 57.4 Å². The van der Waals surface area contributed by atoms with Gasteiger partial charge in [0.05, 0.1) is 0 Å². The molecular weight excluding hydrogens is 506 g/mol. The van der Waals surface area contributed by atoms with Gasteiger partial charge < -0.3 is 11.0 Å². The van der Waals surface area contributed by atoms with Crippen LogP contribution in [0.25, 0.3) is 0 Å². The van der Waals surface area contributed by atoms with Crippen LogP contribution < -0.4 is 0 Å². The first-order valence-electron chi connectivity index (χ1n) is 7.13. The first-order chi connectivity index (χ1) is 11.0. The molecule has 1 nitrogen and oxygen atoms in total. The van der Waals surface area contributed by atoms with E-state index in [0.717, 1.165) is 13.0 Å². The molecule has 1 aromatic carbocycles. The van der Waals surface area contributed by atoms with Gasteiger partial charge in [-0.15, -0.1) is 40.9 Å². The van der Waals surface area contributed by atoms with Crippen LogP contribution >= 0.6 is 73.8 Å². The van der Waals surface area contributed by atoms with Crippen molar-refractivity contribution in [1.29, 1.82) is 0 Å². The molecule has 1 aliphatic rings. The summed E-state index contributed by atoms with van der Waals surface area (Å²) in [7, 11) is 0.241. The van der Waals surface area contributed by atoms with Crippen LogP contribution in [0, 0.1) is 12.3 Å². The second-order valence-corrected chi connectivity index (χ2v) is 13.5. The number of ether oxygens (including phenoxy) is 1. The topological polar surface area (TPSA) is 9.23 Å². The van der Waals surface area contributed by atoms with Crippen molar-refractivity contribution in [3.63, 3.8) is 0 Å². The smallest absolute Gasteiger partial charge is 0.693 e. The zero-order chi connectivity index (χ0) is 19.3. The largest absolute Gasteiger partial charge is 2.00 e. The maximum Gasteiger partial charge on any atom is 2.00 e. The van der Waals surface area contributed by atoms with Crippen LogP contribution in [0.4, 0.5) is 0 Å². The molecule has 0 saturated carbocycles. The Hall–Kier alpha value is 1.56. The minimum atomic E-state index is 0. The van der Waals surface area contributed by atoms with Gasteiger partial charge in [0.15, 0.2) is 0 Å². The number of hydrogen-bond donors (Lipinski definition) is 0. The zero-order valence-electron chi connectivity index (χ0n) is 15.1. The third-order valence-electron chi connectivity index (χ3n) is 1.52. The minimum Gasteiger partial charge on any atom is -0.693 e. The summed E-state index contributed by atoms with van der Waals surface area (Å²) in [6.07, 6.45) is 5.53. The van der Waals surface area contributed by atoms with Crippen LogP contribution in [0.5, 0.6) is 0 Å². The van der Waals surface area contributed by atoms with Crippen molar-refractivity contribution in [3.05, 3.63) is 43.5 Å². The molecule has 148 valence electrons. The van der Waals surface area contributed by atoms with E-state index in [1.165, 1.54) is 0 Å². The third-order valence-corrected chi connectivity index (χ3v) is 3.61. The third kappa shape index (κ3) is 20.1. The van der Waals surface area contributed by atoms with E-state index in [1.54, 1.807) is 0 Å². The summed E-state index contributed by atoms with van der Waals surface area (Å²) in [6, 6.07) is 2.53. The van der Waals surface area contributed by atoms with E-state index in [9.17, 15) is 0 Å². The molecule has 9 heteroatoms. The van der Waals surface area contributed by atoms with Crippen LogP contribution in [0.1, 0.15) is 6.42 Å². The number of benzene rings is 1. The molecule has 0 bridgehead atoms. The van der Waals surface area contributed by atoms with Crippen LogP contribution in [-0.4, -0.2) is 46.6 Å². The van der Waals surface area contributed by atoms with Gasteiger partial charge in [-0.3, -0.25) is 0 Å². The molecule has 0 N–H and O–H groups in total. The second-order valence-electron chi connectivity index (χ2n) is 5.65. The van der Waals surface area contributed by atoms with E-state index in [1.807, 2.05) is 6.08 Å². The summed E-state index contributed by atoms with van der Waals surface area (Å²) in [6.45, 7) is 14.4. The van der Waals surface area contributed by atoms with Gasteiger partial charge >= 0.3 is 16.5 Å². The molecule has 0 amide bonds. The fraction of sp³-hybridized carbons (Fsp3) is 0.500. The first kappa shape index (κ1) is 31.3. The van der Waals surface area contributed by atoms with Gasteiger partial charge in [-0.2, -0.15) is 23.2 Å². The quantitative estimate of drug-likeness (QED) is 0.110. The van der Waals surface area contributed by atoms with E-state index < -0.39 is 0 Å². The average molecular weight is 531 g/mol. The number of rotatable bonds is 0. The van der Waals surface area contributed by atoms with Crippen molar-refractivity contribution in [2.75, 3.05) is 46.6 Å². The Bertz CT molecular complexity index is 456. The summed E-state index contributed by atoms with van der Waals surface area (Å²) >= 11 is 28.0. The Morgan fingerprint density at radius 3 is 1.36 bits per heavy atom. The van der Waals surface area contributed by atoms with Gasteiger partial charge in [0.25, 0.3) is 0 Å². The maximum absolute atomic E-state index is 5.64. The predicted octanol–water partition coefficient (Wildman–Crippen LogP) is 7.65. The number of halogens is 5. The molecule has 0 aromatic heterocycles. The molecule has 0 radical (unpaired) electrons. The van der Waals surface area contributed by atoms with E-state index >= 15 is 0 Å². The Labute approximate surface area is 190 Å². The second kappa shape index (κ2) is 18.9. The van der Waals surface area contributed by atoms with Gasteiger partial charge in [0, 0.05) is 46.6 Å². The molecule has 1 heterocycles. The molecule has 1 aliphatic heterocycles. The van der Waals surface area contributed by atoms with Crippen molar-refractivity contribution < 1.29 is 21.2 Å². The van der Waals surface area contributed by atoms with Gasteiger partial charge in [-0.25, -0.2) is 6.08 Å². The fourth-order valence-electron chi connectivity index (χ4n) is 0.790. The average Bonchev–Trinajstić information content (AvgIpc) is 3.01. The minimum absolute atomic E-state index is 0. The molecule has 2 rings (SSSR count). The molecule has 1 aromatic rings. The van der Waals surface area contributed by atoms with Crippen molar-refractivity contribution in [2.24, 2.45) is 0 Å². The van der Waals surface area contributed by atoms with E-state index in [2.05, 4.69) is 57.1 Å². The van der Waals surface area contributed by atoms with Crippen LogP contribution in [0.2, 0.25) is 25.1 Å². The first-order valence-corrected chi connectivity index (χ1v) is 15.0. The van der Waals surface area contributed by atoms with Gasteiger partial charge in [0.2, 0.25) is 0 Å². The Morgan fingerprint density at radius 1 is 0.800 bits per heavy atom. The molecular formula is C16H25Cl5NiOP2+2. The van der Waals surface area contributed by atoms with Crippen molar-refractivity contribution in [3.8, 4) is 0 Å². The maximum atomic E-state index is 5.64. The summed E-state index contributed by atoms with van der Waals surface area (Å²) < 4.78 is 4.64. The predicted molar refractivity (Wildman–Crippen MR) is 121 cm³/mol. The molecule has 0 unspecified atom stereocenters. The van der Waals surface area contributed by atoms with Crippen LogP contribution in [-0.2, 0) is 21.2 Å². The van der Waals surface area contributed by atoms with Crippen molar-refractivity contribution in [1.82, 2.24) is 0 Å². The summed E-state index contributed by atoms with van der Waals surface area (Å²) in [5, 5.41) is 0.838. The Morgan fingerprint density at radius 2 is 1.16 bits per heavy atom. The fourth-order valence-corrected chi connectivity index (χ4v) is 1.83. The monoisotopic (exact) mass is 528 g/mol. The molecule has 25 heavy (non-hydrogen) atoms. The molecule has 0 saturated heterocycles. The molecule has 0 aliphatic carbocycles. The normalized spacial score (nSPS) is 11.2. The van der Waals surface area contributed by atoms with Crippen molar-refractivity contribution in [2.45, 2.75) is 6.42 Å². The zero-order valence-corrected chi connectivity index (χ0v) is 21.9. The molecule has 0 fully saturated rings. The van der Waals surface area contributed by atoms with Crippen LogP contribution in [0.15, 0.2) is 6.08 Å². The van der Waals surface area contributed by atoms with Gasteiger partial charge in [-0.05, 0) is 37.3 Å². The molecule has 0 spiro atoms. The Kier molecular flexibility index (Phi) is 23.6. The Balaban J connectivity index is -0.000000291. The van der Waals surface area contributed by atoms with E-state index in [0.29, 0.717) is 0 Å². The SMILES string of the molecule is C[PH+](C)C.C[PH+](C)C.Clc1[c-]c(Cl)c(Cl)c(Cl)c1Cl.[C-]1=CCCO1.[Ni+2]. The van der Waals surface area contributed by atoms with Gasteiger partial charge in [-0.1, -0.05) is 10.0 Å². The summed E-state index contributed by atoms with van der Waals surface area (Å²) in [5.74, 6) is 0. The number of hydrogen-bond acceptors (Lipinski definition) is 1. The van der Waals surface area contributed by atoms with Gasteiger partial charge in [0.1, 0.15) is 0 Å². The van der Waals surface area contributed by atoms with Crippen LogP contribution in [0.3, 0.4) is 0 Å².